The number of benzene rings is 2. The molecule has 0 radical (unpaired) electrons. The predicted octanol–water partition coefficient (Wildman–Crippen LogP) is 5.47. The van der Waals surface area contributed by atoms with E-state index in [4.69, 9.17) is 0 Å². The molecule has 0 aliphatic rings. The van der Waals surface area contributed by atoms with Crippen LogP contribution in [0.15, 0.2) is 57.8 Å². The van der Waals surface area contributed by atoms with Gasteiger partial charge in [0.15, 0.2) is 4.34 Å². The first-order chi connectivity index (χ1) is 9.52. The van der Waals surface area contributed by atoms with Gasteiger partial charge in [-0.2, -0.15) is 13.2 Å². The summed E-state index contributed by atoms with van der Waals surface area (Å²) in [6.45, 7) is 0. The largest absolute Gasteiger partial charge is 0.416 e. The quantitative estimate of drug-likeness (QED) is 0.622. The van der Waals surface area contributed by atoms with Crippen molar-refractivity contribution in [2.24, 2.45) is 0 Å². The highest BCUT2D eigenvalue weighted by Gasteiger charge is 2.29. The van der Waals surface area contributed by atoms with Crippen molar-refractivity contribution < 1.29 is 13.2 Å². The number of nitrogens with zero attached hydrogens (tertiary/aromatic N) is 1. The Hall–Kier alpha value is -1.53. The second-order valence-electron chi connectivity index (χ2n) is 4.07. The van der Waals surface area contributed by atoms with Crippen molar-refractivity contribution >= 4 is 33.3 Å². The summed E-state index contributed by atoms with van der Waals surface area (Å²) < 4.78 is 39.3. The van der Waals surface area contributed by atoms with Crippen molar-refractivity contribution in [3.63, 3.8) is 0 Å². The van der Waals surface area contributed by atoms with Crippen LogP contribution in [0.25, 0.3) is 10.2 Å². The number of aromatic nitrogens is 1. The first kappa shape index (κ1) is 13.5. The fraction of sp³-hybridized carbons (Fsp3) is 0.0714. The minimum Gasteiger partial charge on any atom is -0.229 e. The molecule has 0 unspecified atom stereocenters. The van der Waals surface area contributed by atoms with Crippen LogP contribution < -0.4 is 0 Å². The highest BCUT2D eigenvalue weighted by molar-refractivity contribution is 8.01. The lowest BCUT2D eigenvalue weighted by molar-refractivity contribution is -0.137. The van der Waals surface area contributed by atoms with E-state index in [0.29, 0.717) is 0 Å². The number of fused-ring (bicyclic) bond motifs is 1. The maximum atomic E-state index is 12.5. The van der Waals surface area contributed by atoms with Gasteiger partial charge in [0.1, 0.15) is 0 Å². The Morgan fingerprint density at radius 2 is 1.65 bits per heavy atom. The monoisotopic (exact) mass is 311 g/mol. The summed E-state index contributed by atoms with van der Waals surface area (Å²) in [5.74, 6) is 0. The van der Waals surface area contributed by atoms with E-state index in [1.807, 2.05) is 24.3 Å². The average molecular weight is 311 g/mol. The molecule has 0 amide bonds. The Morgan fingerprint density at radius 1 is 0.950 bits per heavy atom. The van der Waals surface area contributed by atoms with Crippen LogP contribution in [0.5, 0.6) is 0 Å². The molecule has 0 fully saturated rings. The molecule has 0 aliphatic heterocycles. The molecule has 0 aliphatic carbocycles. The van der Waals surface area contributed by atoms with Crippen LogP contribution in [-0.4, -0.2) is 4.98 Å². The second-order valence-corrected chi connectivity index (χ2v) is 6.42. The molecule has 6 heteroatoms. The molecule has 0 atom stereocenters. The Bertz CT molecular complexity index is 699. The first-order valence-electron chi connectivity index (χ1n) is 5.73. The van der Waals surface area contributed by atoms with Crippen LogP contribution in [0.1, 0.15) is 5.56 Å². The van der Waals surface area contributed by atoms with Gasteiger partial charge in [-0.1, -0.05) is 23.9 Å². The van der Waals surface area contributed by atoms with E-state index in [0.717, 1.165) is 31.6 Å². The number of alkyl halides is 3. The summed E-state index contributed by atoms with van der Waals surface area (Å²) in [7, 11) is 0. The van der Waals surface area contributed by atoms with Crippen molar-refractivity contribution in [2.45, 2.75) is 15.4 Å². The maximum absolute atomic E-state index is 12.5. The number of thiazole rings is 1. The fourth-order valence-corrected chi connectivity index (χ4v) is 3.75. The molecule has 102 valence electrons. The third-order valence-corrected chi connectivity index (χ3v) is 4.77. The van der Waals surface area contributed by atoms with Crippen LogP contribution in [0, 0.1) is 0 Å². The van der Waals surface area contributed by atoms with Gasteiger partial charge in [-0.15, -0.1) is 11.3 Å². The molecule has 3 rings (SSSR count). The van der Waals surface area contributed by atoms with Gasteiger partial charge < -0.3 is 0 Å². The molecule has 0 spiro atoms. The summed E-state index contributed by atoms with van der Waals surface area (Å²) in [5.41, 5.74) is 0.276. The lowest BCUT2D eigenvalue weighted by Gasteiger charge is -2.06. The summed E-state index contributed by atoms with van der Waals surface area (Å²) in [6.07, 6.45) is -4.29. The molecule has 0 bridgehead atoms. The lowest BCUT2D eigenvalue weighted by atomic mass is 10.2. The van der Waals surface area contributed by atoms with Gasteiger partial charge in [-0.05, 0) is 36.4 Å². The second kappa shape index (κ2) is 5.10. The van der Waals surface area contributed by atoms with E-state index in [9.17, 15) is 13.2 Å². The zero-order valence-corrected chi connectivity index (χ0v) is 11.6. The highest BCUT2D eigenvalue weighted by atomic mass is 32.2. The predicted molar refractivity (Wildman–Crippen MR) is 75.2 cm³/mol. The Kier molecular flexibility index (Phi) is 3.43. The molecular weight excluding hydrogens is 303 g/mol. The van der Waals surface area contributed by atoms with Crippen molar-refractivity contribution in [3.05, 3.63) is 54.1 Å². The maximum Gasteiger partial charge on any atom is 0.416 e. The van der Waals surface area contributed by atoms with Crippen molar-refractivity contribution in [3.8, 4) is 0 Å². The highest BCUT2D eigenvalue weighted by Crippen LogP contribution is 2.36. The minimum atomic E-state index is -4.29. The minimum absolute atomic E-state index is 0.633. The third kappa shape index (κ3) is 2.81. The zero-order chi connectivity index (χ0) is 14.2. The Balaban J connectivity index is 1.84. The van der Waals surface area contributed by atoms with Crippen LogP contribution in [0.2, 0.25) is 0 Å². The van der Waals surface area contributed by atoms with Gasteiger partial charge in [0.2, 0.25) is 0 Å². The van der Waals surface area contributed by atoms with Gasteiger partial charge in [-0.25, -0.2) is 4.98 Å². The van der Waals surface area contributed by atoms with Crippen molar-refractivity contribution in [2.75, 3.05) is 0 Å². The molecule has 0 saturated carbocycles. The molecule has 1 aromatic heterocycles. The van der Waals surface area contributed by atoms with E-state index >= 15 is 0 Å². The molecule has 2 aromatic carbocycles. The SMILES string of the molecule is FC(F)(F)c1ccc(Sc2nc3ccccc3s2)cc1. The lowest BCUT2D eigenvalue weighted by Crippen LogP contribution is -2.03. The first-order valence-corrected chi connectivity index (χ1v) is 7.36. The van der Waals surface area contributed by atoms with Crippen molar-refractivity contribution in [1.82, 2.24) is 4.98 Å². The number of halogens is 3. The van der Waals surface area contributed by atoms with E-state index in [1.54, 1.807) is 0 Å². The van der Waals surface area contributed by atoms with E-state index in [-0.39, 0.29) is 0 Å². The number of hydrogen-bond acceptors (Lipinski definition) is 3. The fourth-order valence-electron chi connectivity index (χ4n) is 1.71. The topological polar surface area (TPSA) is 12.9 Å². The smallest absolute Gasteiger partial charge is 0.229 e. The van der Waals surface area contributed by atoms with Crippen molar-refractivity contribution in [1.29, 1.82) is 0 Å². The van der Waals surface area contributed by atoms with Gasteiger partial charge in [0.05, 0.1) is 15.8 Å². The number of hydrogen-bond donors (Lipinski definition) is 0. The normalized spacial score (nSPS) is 11.9. The average Bonchev–Trinajstić information content (AvgIpc) is 2.80. The van der Waals surface area contributed by atoms with Crippen LogP contribution >= 0.6 is 23.1 Å². The van der Waals surface area contributed by atoms with Gasteiger partial charge in [0, 0.05) is 4.90 Å². The summed E-state index contributed by atoms with van der Waals surface area (Å²) in [6, 6.07) is 12.9. The summed E-state index contributed by atoms with van der Waals surface area (Å²) in [4.78, 5) is 5.19. The zero-order valence-electron chi connectivity index (χ0n) is 10.0. The molecule has 0 N–H and O–H groups in total. The van der Waals surface area contributed by atoms with E-state index in [2.05, 4.69) is 4.98 Å². The molecule has 20 heavy (non-hydrogen) atoms. The van der Waals surface area contributed by atoms with Gasteiger partial charge in [0.25, 0.3) is 0 Å². The summed E-state index contributed by atoms with van der Waals surface area (Å²) >= 11 is 2.90. The Morgan fingerprint density at radius 3 is 2.30 bits per heavy atom. The van der Waals surface area contributed by atoms with Crippen LogP contribution in [0.4, 0.5) is 13.2 Å². The van der Waals surface area contributed by atoms with E-state index in [1.165, 1.54) is 35.2 Å². The molecule has 1 nitrogen and oxygen atoms in total. The Labute approximate surface area is 121 Å². The molecule has 0 saturated heterocycles. The van der Waals surface area contributed by atoms with E-state index < -0.39 is 11.7 Å². The third-order valence-electron chi connectivity index (χ3n) is 2.66. The standard InChI is InChI=1S/C14H8F3NS2/c15-14(16,17)9-5-7-10(8-6-9)19-13-18-11-3-1-2-4-12(11)20-13/h1-8H. The van der Waals surface area contributed by atoms with Gasteiger partial charge >= 0.3 is 6.18 Å². The molecule has 1 heterocycles. The van der Waals surface area contributed by atoms with Gasteiger partial charge in [-0.3, -0.25) is 0 Å². The molecular formula is C14H8F3NS2. The number of rotatable bonds is 2. The summed E-state index contributed by atoms with van der Waals surface area (Å²) in [5, 5.41) is 0. The molecule has 3 aromatic rings. The number of para-hydroxylation sites is 1. The van der Waals surface area contributed by atoms with Crippen LogP contribution in [-0.2, 0) is 6.18 Å². The van der Waals surface area contributed by atoms with Crippen LogP contribution in [0.3, 0.4) is 0 Å².